The van der Waals surface area contributed by atoms with E-state index in [2.05, 4.69) is 10.6 Å². The van der Waals surface area contributed by atoms with Crippen LogP contribution in [-0.2, 0) is 4.79 Å². The summed E-state index contributed by atoms with van der Waals surface area (Å²) in [4.78, 5) is 44.6. The largest absolute Gasteiger partial charge is 0.355 e. The molecule has 0 saturated carbocycles. The van der Waals surface area contributed by atoms with Crippen molar-refractivity contribution in [2.24, 2.45) is 5.92 Å². The molecule has 1 aromatic carbocycles. The van der Waals surface area contributed by atoms with E-state index in [1.54, 1.807) is 6.92 Å². The Morgan fingerprint density at radius 1 is 1.08 bits per heavy atom. The Kier molecular flexibility index (Phi) is 6.97. The zero-order chi connectivity index (χ0) is 19.1. The molecule has 0 bridgehead atoms. The highest BCUT2D eigenvalue weighted by Crippen LogP contribution is 2.23. The van der Waals surface area contributed by atoms with Gasteiger partial charge in [0.15, 0.2) is 0 Å². The average Bonchev–Trinajstić information content (AvgIpc) is 2.53. The van der Waals surface area contributed by atoms with Crippen LogP contribution in [-0.4, -0.2) is 34.2 Å². The van der Waals surface area contributed by atoms with E-state index in [0.29, 0.717) is 13.0 Å². The molecule has 1 aromatic rings. The van der Waals surface area contributed by atoms with Crippen LogP contribution in [0.5, 0.6) is 0 Å². The van der Waals surface area contributed by atoms with E-state index in [0.717, 1.165) is 18.2 Å². The second-order valence-corrected chi connectivity index (χ2v) is 5.80. The first-order chi connectivity index (χ1) is 11.6. The number of nitrogens with zero attached hydrogens (tertiary/aromatic N) is 2. The van der Waals surface area contributed by atoms with Gasteiger partial charge in [-0.3, -0.25) is 29.8 Å². The fourth-order valence-electron chi connectivity index (χ4n) is 2.18. The Balaban J connectivity index is 3.13. The van der Waals surface area contributed by atoms with Crippen LogP contribution in [0.25, 0.3) is 0 Å². The predicted octanol–water partition coefficient (Wildman–Crippen LogP) is 1.78. The molecule has 0 spiro atoms. The fraction of sp³-hybridized carbons (Fsp3) is 0.467. The van der Waals surface area contributed by atoms with Crippen LogP contribution in [0, 0.1) is 26.1 Å². The molecule has 0 heterocycles. The summed E-state index contributed by atoms with van der Waals surface area (Å²) in [6.45, 7) is 5.86. The molecule has 0 aliphatic rings. The van der Waals surface area contributed by atoms with E-state index in [1.165, 1.54) is 0 Å². The molecule has 0 aliphatic carbocycles. The van der Waals surface area contributed by atoms with E-state index in [4.69, 9.17) is 0 Å². The average molecular weight is 352 g/mol. The molecule has 1 atom stereocenters. The molecule has 0 radical (unpaired) electrons. The van der Waals surface area contributed by atoms with Crippen LogP contribution in [0.3, 0.4) is 0 Å². The van der Waals surface area contributed by atoms with Crippen molar-refractivity contribution in [3.05, 3.63) is 44.0 Å². The first kappa shape index (κ1) is 20.0. The highest BCUT2D eigenvalue weighted by atomic mass is 16.6. The number of carbonyl (C=O) groups excluding carboxylic acids is 2. The van der Waals surface area contributed by atoms with E-state index >= 15 is 0 Å². The molecular weight excluding hydrogens is 332 g/mol. The molecule has 0 aromatic heterocycles. The second kappa shape index (κ2) is 8.71. The van der Waals surface area contributed by atoms with Crippen LogP contribution in [0.4, 0.5) is 11.4 Å². The number of nitro benzene ring substituents is 2. The number of nitro groups is 2. The van der Waals surface area contributed by atoms with Crippen LogP contribution in [0.15, 0.2) is 18.2 Å². The highest BCUT2D eigenvalue weighted by Gasteiger charge is 2.25. The van der Waals surface area contributed by atoms with Crippen LogP contribution in [0.1, 0.15) is 37.6 Å². The van der Waals surface area contributed by atoms with Gasteiger partial charge in [0.1, 0.15) is 6.04 Å². The van der Waals surface area contributed by atoms with Gasteiger partial charge in [0, 0.05) is 18.7 Å². The van der Waals surface area contributed by atoms with Crippen LogP contribution >= 0.6 is 0 Å². The normalized spacial score (nSPS) is 11.7. The summed E-state index contributed by atoms with van der Waals surface area (Å²) >= 11 is 0. The molecule has 136 valence electrons. The topological polar surface area (TPSA) is 144 Å². The zero-order valence-corrected chi connectivity index (χ0v) is 14.1. The minimum atomic E-state index is -0.842. The first-order valence-corrected chi connectivity index (χ1v) is 7.68. The lowest BCUT2D eigenvalue weighted by Gasteiger charge is -2.19. The summed E-state index contributed by atoms with van der Waals surface area (Å²) in [7, 11) is 0. The van der Waals surface area contributed by atoms with Gasteiger partial charge < -0.3 is 10.6 Å². The molecule has 2 N–H and O–H groups in total. The maximum atomic E-state index is 12.4. The van der Waals surface area contributed by atoms with Gasteiger partial charge in [0.05, 0.1) is 21.5 Å². The summed E-state index contributed by atoms with van der Waals surface area (Å²) in [5.74, 6) is -1.07. The summed E-state index contributed by atoms with van der Waals surface area (Å²) in [6.07, 6.45) is 0.356. The molecule has 0 saturated heterocycles. The monoisotopic (exact) mass is 352 g/mol. The van der Waals surface area contributed by atoms with Gasteiger partial charge in [0.2, 0.25) is 5.91 Å². The van der Waals surface area contributed by atoms with Crippen molar-refractivity contribution in [2.45, 2.75) is 33.2 Å². The second-order valence-electron chi connectivity index (χ2n) is 5.80. The molecular formula is C15H20N4O6. The lowest BCUT2D eigenvalue weighted by molar-refractivity contribution is -0.394. The number of rotatable bonds is 8. The van der Waals surface area contributed by atoms with Gasteiger partial charge in [-0.25, -0.2) is 0 Å². The smallest absolute Gasteiger partial charge is 0.277 e. The summed E-state index contributed by atoms with van der Waals surface area (Å²) in [6, 6.07) is 1.80. The van der Waals surface area contributed by atoms with Crippen LogP contribution in [0.2, 0.25) is 0 Å². The molecule has 0 aliphatic heterocycles. The lowest BCUT2D eigenvalue weighted by atomic mass is 10.0. The number of likely N-dealkylation sites (N-methyl/N-ethyl adjacent to an activating group) is 1. The number of benzene rings is 1. The van der Waals surface area contributed by atoms with Crippen molar-refractivity contribution in [1.82, 2.24) is 10.6 Å². The van der Waals surface area contributed by atoms with Crippen molar-refractivity contribution in [3.8, 4) is 0 Å². The maximum absolute atomic E-state index is 12.4. The highest BCUT2D eigenvalue weighted by molar-refractivity contribution is 5.98. The lowest BCUT2D eigenvalue weighted by Crippen LogP contribution is -2.47. The Labute approximate surface area is 143 Å². The summed E-state index contributed by atoms with van der Waals surface area (Å²) in [5, 5.41) is 26.9. The minimum absolute atomic E-state index is 0.104. The number of amides is 2. The molecule has 0 unspecified atom stereocenters. The number of hydrogen-bond donors (Lipinski definition) is 2. The maximum Gasteiger partial charge on any atom is 0.277 e. The van der Waals surface area contributed by atoms with Gasteiger partial charge in [-0.05, 0) is 19.3 Å². The van der Waals surface area contributed by atoms with Gasteiger partial charge in [-0.15, -0.1) is 0 Å². The quantitative estimate of drug-likeness (QED) is 0.539. The molecule has 10 heteroatoms. The minimum Gasteiger partial charge on any atom is -0.355 e. The van der Waals surface area contributed by atoms with Crippen LogP contribution < -0.4 is 10.6 Å². The molecule has 1 rings (SSSR count). The zero-order valence-electron chi connectivity index (χ0n) is 14.1. The molecule has 10 nitrogen and oxygen atoms in total. The number of nitrogens with one attached hydrogen (secondary N) is 2. The Hall–Kier alpha value is -3.04. The Bertz CT molecular complexity index is 656. The molecule has 25 heavy (non-hydrogen) atoms. The standard InChI is InChI=1S/C15H20N4O6/c1-4-16-15(21)13(5-9(2)3)17-14(20)10-6-11(18(22)23)8-12(7-10)19(24)25/h6-9,13H,4-5H2,1-3H3,(H,16,21)(H,17,20)/t13-/m0/s1. The molecule has 0 fully saturated rings. The van der Waals surface area contributed by atoms with Gasteiger partial charge >= 0.3 is 0 Å². The first-order valence-electron chi connectivity index (χ1n) is 7.68. The molecule has 2 amide bonds. The summed E-state index contributed by atoms with van der Waals surface area (Å²) < 4.78 is 0. The van der Waals surface area contributed by atoms with Crippen molar-refractivity contribution < 1.29 is 19.4 Å². The third kappa shape index (κ3) is 5.83. The number of carbonyl (C=O) groups is 2. The Morgan fingerprint density at radius 3 is 2.00 bits per heavy atom. The summed E-state index contributed by atoms with van der Waals surface area (Å²) in [5.41, 5.74) is -1.39. The van der Waals surface area contributed by atoms with Crippen molar-refractivity contribution in [2.75, 3.05) is 6.54 Å². The Morgan fingerprint density at radius 2 is 1.60 bits per heavy atom. The third-order valence-electron chi connectivity index (χ3n) is 3.27. The van der Waals surface area contributed by atoms with Crippen molar-refractivity contribution in [3.63, 3.8) is 0 Å². The fourth-order valence-corrected chi connectivity index (χ4v) is 2.18. The van der Waals surface area contributed by atoms with E-state index in [1.807, 2.05) is 13.8 Å². The SMILES string of the molecule is CCNC(=O)[C@H](CC(C)C)NC(=O)c1cc([N+](=O)[O-])cc([N+](=O)[O-])c1. The van der Waals surface area contributed by atoms with E-state index in [9.17, 15) is 29.8 Å². The van der Waals surface area contributed by atoms with Crippen molar-refractivity contribution >= 4 is 23.2 Å². The van der Waals surface area contributed by atoms with E-state index < -0.39 is 33.2 Å². The predicted molar refractivity (Wildman–Crippen MR) is 89.1 cm³/mol. The third-order valence-corrected chi connectivity index (χ3v) is 3.27. The van der Waals surface area contributed by atoms with Gasteiger partial charge in [-0.1, -0.05) is 13.8 Å². The van der Waals surface area contributed by atoms with Gasteiger partial charge in [-0.2, -0.15) is 0 Å². The van der Waals surface area contributed by atoms with Crippen molar-refractivity contribution in [1.29, 1.82) is 0 Å². The number of hydrogen-bond acceptors (Lipinski definition) is 6. The van der Waals surface area contributed by atoms with Gasteiger partial charge in [0.25, 0.3) is 17.3 Å². The number of non-ortho nitro benzene ring substituents is 2. The van der Waals surface area contributed by atoms with E-state index in [-0.39, 0.29) is 17.4 Å².